The number of hydrogen-bond donors (Lipinski definition) is 2. The summed E-state index contributed by atoms with van der Waals surface area (Å²) in [4.78, 5) is 13.7. The van der Waals surface area contributed by atoms with Crippen LogP contribution in [0.15, 0.2) is 47.4 Å². The number of nitrogens with one attached hydrogen (secondary N) is 2. The molecule has 1 fully saturated rings. The molecular formula is C21H27N3O4S. The molecule has 2 aromatic rings. The fraction of sp³-hybridized carbons (Fsp3) is 0.381. The van der Waals surface area contributed by atoms with Crippen LogP contribution in [-0.2, 0) is 14.8 Å². The number of methoxy groups -OCH3 is 1. The first-order chi connectivity index (χ1) is 13.8. The molecule has 1 saturated heterocycles. The predicted molar refractivity (Wildman–Crippen MR) is 115 cm³/mol. The van der Waals surface area contributed by atoms with Crippen molar-refractivity contribution in [2.24, 2.45) is 5.92 Å². The molecule has 0 aromatic heterocycles. The number of carbonyl (C=O) groups is 1. The van der Waals surface area contributed by atoms with Crippen molar-refractivity contribution >= 4 is 33.0 Å². The van der Waals surface area contributed by atoms with Crippen molar-refractivity contribution in [2.75, 3.05) is 35.1 Å². The lowest BCUT2D eigenvalue weighted by Gasteiger charge is -2.32. The molecule has 2 aromatic carbocycles. The molecule has 0 bridgehead atoms. The van der Waals surface area contributed by atoms with Crippen LogP contribution in [0.3, 0.4) is 0 Å². The molecule has 1 aliphatic rings. The Morgan fingerprint density at radius 2 is 1.76 bits per heavy atom. The average Bonchev–Trinajstić information content (AvgIpc) is 2.68. The van der Waals surface area contributed by atoms with Gasteiger partial charge in [0.05, 0.1) is 17.7 Å². The molecule has 2 N–H and O–H groups in total. The van der Waals surface area contributed by atoms with E-state index in [4.69, 9.17) is 4.74 Å². The summed E-state index contributed by atoms with van der Waals surface area (Å²) in [6.07, 6.45) is 2.34. The molecular weight excluding hydrogens is 390 g/mol. The van der Waals surface area contributed by atoms with E-state index < -0.39 is 10.0 Å². The molecule has 0 saturated carbocycles. The van der Waals surface area contributed by atoms with Crippen molar-refractivity contribution < 1.29 is 17.9 Å². The van der Waals surface area contributed by atoms with Crippen LogP contribution < -0.4 is 19.7 Å². The highest BCUT2D eigenvalue weighted by atomic mass is 32.2. The van der Waals surface area contributed by atoms with Gasteiger partial charge in [-0.1, -0.05) is 6.92 Å². The minimum atomic E-state index is -3.81. The fourth-order valence-corrected chi connectivity index (χ4v) is 4.45. The summed E-state index contributed by atoms with van der Waals surface area (Å²) in [5.74, 6) is 0.831. The number of nitrogens with zero attached hydrogens (tertiary/aromatic N) is 1. The topological polar surface area (TPSA) is 87.7 Å². The highest BCUT2D eigenvalue weighted by Crippen LogP contribution is 2.29. The lowest BCUT2D eigenvalue weighted by molar-refractivity contribution is -0.114. The molecule has 156 valence electrons. The summed E-state index contributed by atoms with van der Waals surface area (Å²) in [7, 11) is -2.36. The monoisotopic (exact) mass is 417 g/mol. The van der Waals surface area contributed by atoms with Crippen molar-refractivity contribution in [1.29, 1.82) is 0 Å². The van der Waals surface area contributed by atoms with Gasteiger partial charge in [0.25, 0.3) is 10.0 Å². The van der Waals surface area contributed by atoms with Gasteiger partial charge in [0.2, 0.25) is 5.91 Å². The number of benzene rings is 2. The number of piperidine rings is 1. The lowest BCUT2D eigenvalue weighted by Crippen LogP contribution is -2.32. The Morgan fingerprint density at radius 1 is 1.10 bits per heavy atom. The Bertz CT molecular complexity index is 966. The van der Waals surface area contributed by atoms with Crippen LogP contribution in [0.4, 0.5) is 17.1 Å². The standard InChI is InChI=1S/C21H27N3O4S/c1-15-10-12-24(13-11-15)18-6-4-17(5-7-18)23-29(26,27)19-8-9-21(28-3)20(14-19)22-16(2)25/h4-9,14-15,23H,10-13H2,1-3H3,(H,22,25). The van der Waals surface area contributed by atoms with Gasteiger partial charge in [-0.15, -0.1) is 0 Å². The molecule has 1 amide bonds. The number of carbonyl (C=O) groups excluding carboxylic acids is 1. The van der Waals surface area contributed by atoms with Crippen LogP contribution in [-0.4, -0.2) is 34.5 Å². The van der Waals surface area contributed by atoms with Gasteiger partial charge in [-0.2, -0.15) is 0 Å². The second-order valence-corrected chi connectivity index (χ2v) is 9.05. The SMILES string of the molecule is COc1ccc(S(=O)(=O)Nc2ccc(N3CCC(C)CC3)cc2)cc1NC(C)=O. The van der Waals surface area contributed by atoms with Crippen LogP contribution in [0, 0.1) is 5.92 Å². The molecule has 29 heavy (non-hydrogen) atoms. The van der Waals surface area contributed by atoms with Crippen molar-refractivity contribution in [3.8, 4) is 5.75 Å². The number of amides is 1. The fourth-order valence-electron chi connectivity index (χ4n) is 3.36. The molecule has 0 aliphatic carbocycles. The van der Waals surface area contributed by atoms with Crippen LogP contribution in [0.1, 0.15) is 26.7 Å². The minimum Gasteiger partial charge on any atom is -0.495 e. The maximum Gasteiger partial charge on any atom is 0.261 e. The Hall–Kier alpha value is -2.74. The van der Waals surface area contributed by atoms with Crippen LogP contribution >= 0.6 is 0 Å². The van der Waals surface area contributed by atoms with Gasteiger partial charge in [-0.3, -0.25) is 9.52 Å². The maximum atomic E-state index is 12.8. The smallest absolute Gasteiger partial charge is 0.261 e. The van der Waals surface area contributed by atoms with Crippen molar-refractivity contribution in [1.82, 2.24) is 0 Å². The molecule has 1 aliphatic heterocycles. The van der Waals surface area contributed by atoms with Gasteiger partial charge >= 0.3 is 0 Å². The van der Waals surface area contributed by atoms with Crippen molar-refractivity contribution in [3.63, 3.8) is 0 Å². The zero-order chi connectivity index (χ0) is 21.0. The number of rotatable bonds is 6. The normalized spacial score (nSPS) is 15.1. The third kappa shape index (κ3) is 5.20. The van der Waals surface area contributed by atoms with Crippen LogP contribution in [0.25, 0.3) is 0 Å². The van der Waals surface area contributed by atoms with Crippen LogP contribution in [0.2, 0.25) is 0 Å². The molecule has 7 nitrogen and oxygen atoms in total. The van der Waals surface area contributed by atoms with Crippen LogP contribution in [0.5, 0.6) is 5.75 Å². The van der Waals surface area contributed by atoms with E-state index in [9.17, 15) is 13.2 Å². The average molecular weight is 418 g/mol. The second-order valence-electron chi connectivity index (χ2n) is 7.37. The molecule has 3 rings (SSSR count). The Labute approximate surface area is 172 Å². The molecule has 0 spiro atoms. The van der Waals surface area contributed by atoms with Crippen molar-refractivity contribution in [3.05, 3.63) is 42.5 Å². The summed E-state index contributed by atoms with van der Waals surface area (Å²) < 4.78 is 33.3. The van der Waals surface area contributed by atoms with E-state index in [-0.39, 0.29) is 10.8 Å². The molecule has 1 heterocycles. The summed E-state index contributed by atoms with van der Waals surface area (Å²) in [6, 6.07) is 11.7. The first kappa shape index (κ1) is 21.0. The van der Waals surface area contributed by atoms with Gasteiger partial charge in [-0.25, -0.2) is 8.42 Å². The number of hydrogen-bond acceptors (Lipinski definition) is 5. The van der Waals surface area contributed by atoms with Gasteiger partial charge in [0, 0.05) is 31.4 Å². The van der Waals surface area contributed by atoms with E-state index >= 15 is 0 Å². The summed E-state index contributed by atoms with van der Waals surface area (Å²) in [5, 5.41) is 2.59. The van der Waals surface area contributed by atoms with Gasteiger partial charge in [-0.05, 0) is 61.2 Å². The quantitative estimate of drug-likeness (QED) is 0.748. The molecule has 0 unspecified atom stereocenters. The maximum absolute atomic E-state index is 12.8. The Kier molecular flexibility index (Phi) is 6.32. The van der Waals surface area contributed by atoms with Crippen molar-refractivity contribution in [2.45, 2.75) is 31.6 Å². The van der Waals surface area contributed by atoms with Gasteiger partial charge in [0.15, 0.2) is 0 Å². The summed E-state index contributed by atoms with van der Waals surface area (Å²) in [6.45, 7) is 5.66. The van der Waals surface area contributed by atoms with Gasteiger partial charge in [0.1, 0.15) is 5.75 Å². The van der Waals surface area contributed by atoms with E-state index in [1.165, 1.54) is 45.1 Å². The zero-order valence-corrected chi connectivity index (χ0v) is 17.8. The molecule has 8 heteroatoms. The second kappa shape index (κ2) is 8.73. The Morgan fingerprint density at radius 3 is 2.34 bits per heavy atom. The largest absolute Gasteiger partial charge is 0.495 e. The van der Waals surface area contributed by atoms with E-state index in [1.54, 1.807) is 12.1 Å². The highest BCUT2D eigenvalue weighted by molar-refractivity contribution is 7.92. The van der Waals surface area contributed by atoms with E-state index in [1.807, 2.05) is 12.1 Å². The molecule has 0 atom stereocenters. The lowest BCUT2D eigenvalue weighted by atomic mass is 9.99. The zero-order valence-electron chi connectivity index (χ0n) is 16.9. The Balaban J connectivity index is 1.76. The highest BCUT2D eigenvalue weighted by Gasteiger charge is 2.19. The summed E-state index contributed by atoms with van der Waals surface area (Å²) in [5.41, 5.74) is 1.88. The first-order valence-corrected chi connectivity index (χ1v) is 11.1. The summed E-state index contributed by atoms with van der Waals surface area (Å²) >= 11 is 0. The van der Waals surface area contributed by atoms with E-state index in [0.29, 0.717) is 17.1 Å². The van der Waals surface area contributed by atoms with E-state index in [2.05, 4.69) is 21.9 Å². The van der Waals surface area contributed by atoms with Gasteiger partial charge < -0.3 is 15.0 Å². The number of anilines is 3. The predicted octanol–water partition coefficient (Wildman–Crippen LogP) is 3.69. The molecule has 0 radical (unpaired) electrons. The van der Waals surface area contributed by atoms with E-state index in [0.717, 1.165) is 24.7 Å². The minimum absolute atomic E-state index is 0.0381. The third-order valence-electron chi connectivity index (χ3n) is 5.06. The number of sulfonamides is 1. The third-order valence-corrected chi connectivity index (χ3v) is 6.44. The number of ether oxygens (including phenoxy) is 1. The first-order valence-electron chi connectivity index (χ1n) is 9.62.